The summed E-state index contributed by atoms with van der Waals surface area (Å²) in [5, 5.41) is 3.10. The van der Waals surface area contributed by atoms with Gasteiger partial charge in [-0.25, -0.2) is 0 Å². The van der Waals surface area contributed by atoms with Crippen molar-refractivity contribution in [2.75, 3.05) is 18.4 Å². The van der Waals surface area contributed by atoms with E-state index < -0.39 is 11.7 Å². The zero-order chi connectivity index (χ0) is 13.9. The maximum Gasteiger partial charge on any atom is 0.418 e. The highest BCUT2D eigenvalue weighted by molar-refractivity contribution is 7.80. The van der Waals surface area contributed by atoms with Crippen molar-refractivity contribution < 1.29 is 13.2 Å². The van der Waals surface area contributed by atoms with E-state index in [9.17, 15) is 13.2 Å². The van der Waals surface area contributed by atoms with E-state index in [2.05, 4.69) is 5.32 Å². The predicted octanol–water partition coefficient (Wildman–Crippen LogP) is 3.89. The number of para-hydroxylation sites is 1. The number of thiocarbonyl (C=S) groups is 1. The number of nitrogens with zero attached hydrogens (tertiary/aromatic N) is 1. The van der Waals surface area contributed by atoms with Gasteiger partial charge >= 0.3 is 6.18 Å². The highest BCUT2D eigenvalue weighted by Gasteiger charge is 2.33. The standard InChI is InChI=1S/C13H15F3N2S/c14-13(15,16)10-6-2-3-7-11(10)17-12(19)18-8-4-1-5-9-18/h2-3,6-7H,1,4-5,8-9H2,(H,17,19). The van der Waals surface area contributed by atoms with E-state index in [1.54, 1.807) is 6.07 Å². The summed E-state index contributed by atoms with van der Waals surface area (Å²) >= 11 is 5.19. The van der Waals surface area contributed by atoms with E-state index in [4.69, 9.17) is 12.2 Å². The van der Waals surface area contributed by atoms with E-state index in [0.717, 1.165) is 38.4 Å². The molecule has 2 nitrogen and oxygen atoms in total. The highest BCUT2D eigenvalue weighted by Crippen LogP contribution is 2.34. The predicted molar refractivity (Wildman–Crippen MR) is 73.1 cm³/mol. The van der Waals surface area contributed by atoms with Crippen LogP contribution in [0.4, 0.5) is 18.9 Å². The molecule has 1 heterocycles. The minimum atomic E-state index is -4.37. The first-order valence-corrected chi connectivity index (χ1v) is 6.61. The third-order valence-electron chi connectivity index (χ3n) is 3.12. The molecule has 0 radical (unpaired) electrons. The third kappa shape index (κ3) is 3.59. The summed E-state index contributed by atoms with van der Waals surface area (Å²) in [4.78, 5) is 1.92. The van der Waals surface area contributed by atoms with Gasteiger partial charge in [0.05, 0.1) is 11.3 Å². The molecule has 0 aromatic heterocycles. The van der Waals surface area contributed by atoms with Crippen molar-refractivity contribution in [3.63, 3.8) is 0 Å². The first kappa shape index (κ1) is 14.1. The van der Waals surface area contributed by atoms with Crippen molar-refractivity contribution in [1.82, 2.24) is 4.90 Å². The van der Waals surface area contributed by atoms with Gasteiger partial charge in [0.25, 0.3) is 0 Å². The molecule has 104 valence electrons. The molecule has 0 bridgehead atoms. The number of nitrogens with one attached hydrogen (secondary N) is 1. The van der Waals surface area contributed by atoms with Gasteiger partial charge in [-0.15, -0.1) is 0 Å². The van der Waals surface area contributed by atoms with Gasteiger partial charge in [-0.1, -0.05) is 12.1 Å². The van der Waals surface area contributed by atoms with Crippen molar-refractivity contribution in [3.05, 3.63) is 29.8 Å². The topological polar surface area (TPSA) is 15.3 Å². The van der Waals surface area contributed by atoms with Gasteiger partial charge in [-0.2, -0.15) is 13.2 Å². The Kier molecular flexibility index (Phi) is 4.29. The lowest BCUT2D eigenvalue weighted by molar-refractivity contribution is -0.136. The zero-order valence-corrected chi connectivity index (χ0v) is 11.2. The molecule has 1 N–H and O–H groups in total. The number of alkyl halides is 3. The molecule has 19 heavy (non-hydrogen) atoms. The number of rotatable bonds is 1. The van der Waals surface area contributed by atoms with Crippen LogP contribution in [-0.2, 0) is 6.18 Å². The molecule has 1 aliphatic rings. The lowest BCUT2D eigenvalue weighted by Crippen LogP contribution is -2.38. The second-order valence-corrected chi connectivity index (χ2v) is 4.91. The first-order chi connectivity index (χ1) is 8.98. The molecular formula is C13H15F3N2S. The fourth-order valence-electron chi connectivity index (χ4n) is 2.13. The second-order valence-electron chi connectivity index (χ2n) is 4.52. The van der Waals surface area contributed by atoms with Crippen LogP contribution in [0.5, 0.6) is 0 Å². The Balaban J connectivity index is 2.12. The van der Waals surface area contributed by atoms with Crippen molar-refractivity contribution in [3.8, 4) is 0 Å². The average molecular weight is 288 g/mol. The van der Waals surface area contributed by atoms with E-state index in [1.807, 2.05) is 4.90 Å². The molecule has 1 aromatic rings. The lowest BCUT2D eigenvalue weighted by Gasteiger charge is -2.29. The number of hydrogen-bond acceptors (Lipinski definition) is 1. The molecular weight excluding hydrogens is 273 g/mol. The van der Waals surface area contributed by atoms with Gasteiger partial charge in [0.1, 0.15) is 0 Å². The monoisotopic (exact) mass is 288 g/mol. The minimum absolute atomic E-state index is 0.0190. The molecule has 0 amide bonds. The van der Waals surface area contributed by atoms with Gasteiger partial charge in [-0.05, 0) is 43.6 Å². The summed E-state index contributed by atoms with van der Waals surface area (Å²) in [6.45, 7) is 1.61. The van der Waals surface area contributed by atoms with Gasteiger partial charge in [0.2, 0.25) is 0 Å². The molecule has 1 aromatic carbocycles. The SMILES string of the molecule is FC(F)(F)c1ccccc1NC(=S)N1CCCCC1. The molecule has 1 saturated heterocycles. The molecule has 0 aliphatic carbocycles. The minimum Gasteiger partial charge on any atom is -0.349 e. The Labute approximate surface area is 115 Å². The normalized spacial score (nSPS) is 16.3. The fourth-order valence-corrected chi connectivity index (χ4v) is 2.42. The van der Waals surface area contributed by atoms with Crippen molar-refractivity contribution in [2.45, 2.75) is 25.4 Å². The highest BCUT2D eigenvalue weighted by atomic mass is 32.1. The quantitative estimate of drug-likeness (QED) is 0.789. The van der Waals surface area contributed by atoms with Crippen LogP contribution in [0.1, 0.15) is 24.8 Å². The summed E-state index contributed by atoms with van der Waals surface area (Å²) in [6, 6.07) is 5.40. The number of anilines is 1. The number of halogens is 3. The van der Waals surface area contributed by atoms with Crippen LogP contribution < -0.4 is 5.32 Å². The van der Waals surface area contributed by atoms with Crippen LogP contribution in [0, 0.1) is 0 Å². The van der Waals surface area contributed by atoms with Crippen molar-refractivity contribution in [1.29, 1.82) is 0 Å². The Bertz CT molecular complexity index is 453. The van der Waals surface area contributed by atoms with E-state index in [-0.39, 0.29) is 5.69 Å². The third-order valence-corrected chi connectivity index (χ3v) is 3.48. The average Bonchev–Trinajstić information content (AvgIpc) is 2.39. The first-order valence-electron chi connectivity index (χ1n) is 6.20. The Morgan fingerprint density at radius 3 is 2.37 bits per heavy atom. The summed E-state index contributed by atoms with van der Waals surface area (Å²) in [7, 11) is 0. The molecule has 0 saturated carbocycles. The van der Waals surface area contributed by atoms with Crippen LogP contribution in [-0.4, -0.2) is 23.1 Å². The van der Waals surface area contributed by atoms with Crippen molar-refractivity contribution in [2.24, 2.45) is 0 Å². The second kappa shape index (κ2) is 5.77. The van der Waals surface area contributed by atoms with E-state index in [1.165, 1.54) is 12.1 Å². The lowest BCUT2D eigenvalue weighted by atomic mass is 10.1. The summed E-state index contributed by atoms with van der Waals surface area (Å²) in [6.07, 6.45) is -1.16. The Morgan fingerprint density at radius 1 is 1.11 bits per heavy atom. The number of hydrogen-bond donors (Lipinski definition) is 1. The molecule has 2 rings (SSSR count). The smallest absolute Gasteiger partial charge is 0.349 e. The Hall–Kier alpha value is -1.30. The fraction of sp³-hybridized carbons (Fsp3) is 0.462. The van der Waals surface area contributed by atoms with Crippen molar-refractivity contribution >= 4 is 23.0 Å². The number of likely N-dealkylation sites (tertiary alicyclic amines) is 1. The van der Waals surface area contributed by atoms with Gasteiger partial charge < -0.3 is 10.2 Å². The van der Waals surface area contributed by atoms with Crippen LogP contribution in [0.15, 0.2) is 24.3 Å². The molecule has 0 spiro atoms. The zero-order valence-electron chi connectivity index (χ0n) is 10.3. The van der Waals surface area contributed by atoms with Gasteiger partial charge in [0.15, 0.2) is 5.11 Å². The van der Waals surface area contributed by atoms with Gasteiger partial charge in [0, 0.05) is 13.1 Å². The summed E-state index contributed by atoms with van der Waals surface area (Å²) in [5.74, 6) is 0. The summed E-state index contributed by atoms with van der Waals surface area (Å²) < 4.78 is 38.5. The molecule has 0 unspecified atom stereocenters. The van der Waals surface area contributed by atoms with Crippen LogP contribution in [0.3, 0.4) is 0 Å². The maximum absolute atomic E-state index is 12.8. The van der Waals surface area contributed by atoms with Crippen LogP contribution >= 0.6 is 12.2 Å². The Morgan fingerprint density at radius 2 is 1.74 bits per heavy atom. The van der Waals surface area contributed by atoms with Crippen LogP contribution in [0.2, 0.25) is 0 Å². The van der Waals surface area contributed by atoms with Crippen LogP contribution in [0.25, 0.3) is 0 Å². The number of benzene rings is 1. The molecule has 0 atom stereocenters. The van der Waals surface area contributed by atoms with E-state index in [0.29, 0.717) is 5.11 Å². The molecule has 1 fully saturated rings. The van der Waals surface area contributed by atoms with Gasteiger partial charge in [-0.3, -0.25) is 0 Å². The number of piperidine rings is 1. The molecule has 6 heteroatoms. The largest absolute Gasteiger partial charge is 0.418 e. The van der Waals surface area contributed by atoms with E-state index >= 15 is 0 Å². The summed E-state index contributed by atoms with van der Waals surface area (Å²) in [5.41, 5.74) is -0.667. The maximum atomic E-state index is 12.8. The molecule has 1 aliphatic heterocycles.